The second kappa shape index (κ2) is 7.17. The summed E-state index contributed by atoms with van der Waals surface area (Å²) in [6.07, 6.45) is 1.76. The van der Waals surface area contributed by atoms with Crippen molar-refractivity contribution >= 4 is 35.1 Å². The maximum atomic E-state index is 12.7. The highest BCUT2D eigenvalue weighted by molar-refractivity contribution is 8.00. The van der Waals surface area contributed by atoms with Crippen molar-refractivity contribution < 1.29 is 14.7 Å². The summed E-state index contributed by atoms with van der Waals surface area (Å²) in [6, 6.07) is 1.06. The Hall–Kier alpha value is -1.21. The fraction of sp³-hybridized carbons (Fsp3) is 0.571. The van der Waals surface area contributed by atoms with E-state index in [0.29, 0.717) is 12.3 Å². The quantitative estimate of drug-likeness (QED) is 0.903. The highest BCUT2D eigenvalue weighted by atomic mass is 32.2. The van der Waals surface area contributed by atoms with Gasteiger partial charge in [-0.2, -0.15) is 11.3 Å². The summed E-state index contributed by atoms with van der Waals surface area (Å²) < 4.78 is 0. The van der Waals surface area contributed by atoms with Crippen molar-refractivity contribution in [2.24, 2.45) is 0 Å². The van der Waals surface area contributed by atoms with E-state index in [1.54, 1.807) is 39.9 Å². The first kappa shape index (κ1) is 16.2. The van der Waals surface area contributed by atoms with E-state index < -0.39 is 12.0 Å². The Kier molecular flexibility index (Phi) is 5.52. The summed E-state index contributed by atoms with van der Waals surface area (Å²) in [5.41, 5.74) is 1.07. The fourth-order valence-electron chi connectivity index (χ4n) is 2.40. The van der Waals surface area contributed by atoms with Crippen molar-refractivity contribution in [1.29, 1.82) is 0 Å². The maximum absolute atomic E-state index is 12.7. The molecule has 116 valence electrons. The predicted molar refractivity (Wildman–Crippen MR) is 85.6 cm³/mol. The Bertz CT molecular complexity index is 492. The summed E-state index contributed by atoms with van der Waals surface area (Å²) in [7, 11) is 1.73. The number of aliphatic carboxylic acids is 1. The van der Waals surface area contributed by atoms with Crippen LogP contribution in [0.25, 0.3) is 0 Å². The monoisotopic (exact) mass is 328 g/mol. The molecule has 1 aromatic heterocycles. The molecule has 0 saturated carbocycles. The number of carboxylic acids is 1. The molecule has 1 aromatic rings. The first-order valence-corrected chi connectivity index (χ1v) is 8.92. The maximum Gasteiger partial charge on any atom is 0.327 e. The van der Waals surface area contributed by atoms with Crippen LogP contribution in [-0.2, 0) is 11.3 Å². The molecule has 1 saturated heterocycles. The van der Waals surface area contributed by atoms with Gasteiger partial charge in [0.05, 0.1) is 5.37 Å². The van der Waals surface area contributed by atoms with Gasteiger partial charge in [0.25, 0.3) is 0 Å². The number of carboxylic acid groups (broad SMARTS) is 1. The number of carbonyl (C=O) groups is 2. The van der Waals surface area contributed by atoms with Crippen LogP contribution in [0.5, 0.6) is 0 Å². The van der Waals surface area contributed by atoms with Crippen molar-refractivity contribution in [3.05, 3.63) is 22.4 Å². The first-order valence-electron chi connectivity index (χ1n) is 6.93. The number of rotatable bonds is 5. The Morgan fingerprint density at radius 3 is 2.86 bits per heavy atom. The lowest BCUT2D eigenvalue weighted by Gasteiger charge is -2.31. The van der Waals surface area contributed by atoms with Gasteiger partial charge < -0.3 is 10.0 Å². The van der Waals surface area contributed by atoms with Gasteiger partial charge in [0.15, 0.2) is 0 Å². The number of nitrogens with zero attached hydrogens (tertiary/aromatic N) is 2. The molecule has 7 heteroatoms. The van der Waals surface area contributed by atoms with Gasteiger partial charge in [0, 0.05) is 19.3 Å². The van der Waals surface area contributed by atoms with Crippen LogP contribution in [0.1, 0.15) is 25.3 Å². The van der Waals surface area contributed by atoms with Gasteiger partial charge in [-0.1, -0.05) is 13.3 Å². The average Bonchev–Trinajstić information content (AvgIpc) is 3.07. The van der Waals surface area contributed by atoms with Crippen LogP contribution in [0.15, 0.2) is 16.8 Å². The van der Waals surface area contributed by atoms with Gasteiger partial charge in [-0.15, -0.1) is 11.8 Å². The molecule has 1 aliphatic heterocycles. The molecule has 1 N–H and O–H groups in total. The zero-order chi connectivity index (χ0) is 15.4. The molecule has 0 radical (unpaired) electrons. The summed E-state index contributed by atoms with van der Waals surface area (Å²) in [6.45, 7) is 2.56. The molecule has 2 atom stereocenters. The lowest BCUT2D eigenvalue weighted by Crippen LogP contribution is -2.50. The molecule has 1 fully saturated rings. The van der Waals surface area contributed by atoms with Crippen LogP contribution in [0.4, 0.5) is 4.79 Å². The van der Waals surface area contributed by atoms with E-state index >= 15 is 0 Å². The third-order valence-electron chi connectivity index (χ3n) is 3.46. The standard InChI is InChI=1S/C14H20N2O3S2/c1-3-4-12-16(11(9-21-12)13(17)18)14(19)15(2)7-10-5-6-20-8-10/h5-6,8,11-12H,3-4,7,9H2,1-2H3,(H,17,18). The van der Waals surface area contributed by atoms with Crippen LogP contribution in [0.2, 0.25) is 0 Å². The lowest BCUT2D eigenvalue weighted by atomic mass is 10.2. The van der Waals surface area contributed by atoms with Gasteiger partial charge in [0.1, 0.15) is 6.04 Å². The Morgan fingerprint density at radius 2 is 2.29 bits per heavy atom. The summed E-state index contributed by atoms with van der Waals surface area (Å²) >= 11 is 3.15. The minimum absolute atomic E-state index is 0.0338. The molecule has 0 aliphatic carbocycles. The minimum Gasteiger partial charge on any atom is -0.480 e. The van der Waals surface area contributed by atoms with Gasteiger partial charge in [-0.3, -0.25) is 4.90 Å². The minimum atomic E-state index is -0.918. The summed E-state index contributed by atoms with van der Waals surface area (Å²) in [5.74, 6) is -0.448. The van der Waals surface area contributed by atoms with E-state index in [1.807, 2.05) is 23.8 Å². The van der Waals surface area contributed by atoms with Crippen molar-refractivity contribution in [2.75, 3.05) is 12.8 Å². The number of amides is 2. The third-order valence-corrected chi connectivity index (χ3v) is 5.55. The van der Waals surface area contributed by atoms with Crippen LogP contribution in [0, 0.1) is 0 Å². The molecule has 2 heterocycles. The molecular weight excluding hydrogens is 308 g/mol. The van der Waals surface area contributed by atoms with Crippen LogP contribution in [0.3, 0.4) is 0 Å². The number of carbonyl (C=O) groups excluding carboxylic acids is 1. The van der Waals surface area contributed by atoms with E-state index in [2.05, 4.69) is 0 Å². The van der Waals surface area contributed by atoms with Crippen LogP contribution < -0.4 is 0 Å². The van der Waals surface area contributed by atoms with Crippen molar-refractivity contribution in [2.45, 2.75) is 37.7 Å². The lowest BCUT2D eigenvalue weighted by molar-refractivity contribution is -0.141. The molecule has 1 aliphatic rings. The number of thioether (sulfide) groups is 1. The van der Waals surface area contributed by atoms with Gasteiger partial charge in [-0.25, -0.2) is 9.59 Å². The smallest absolute Gasteiger partial charge is 0.327 e. The molecule has 2 unspecified atom stereocenters. The van der Waals surface area contributed by atoms with Gasteiger partial charge in [-0.05, 0) is 28.8 Å². The number of hydrogen-bond donors (Lipinski definition) is 1. The topological polar surface area (TPSA) is 60.9 Å². The first-order chi connectivity index (χ1) is 10.0. The number of hydrogen-bond acceptors (Lipinski definition) is 4. The zero-order valence-corrected chi connectivity index (χ0v) is 13.8. The molecule has 21 heavy (non-hydrogen) atoms. The highest BCUT2D eigenvalue weighted by Crippen LogP contribution is 2.33. The third kappa shape index (κ3) is 3.71. The van der Waals surface area contributed by atoms with Crippen molar-refractivity contribution in [1.82, 2.24) is 9.80 Å². The highest BCUT2D eigenvalue weighted by Gasteiger charge is 2.42. The second-order valence-electron chi connectivity index (χ2n) is 5.11. The van der Waals surface area contributed by atoms with E-state index in [4.69, 9.17) is 0 Å². The molecule has 5 nitrogen and oxygen atoms in total. The zero-order valence-electron chi connectivity index (χ0n) is 12.2. The molecule has 0 aromatic carbocycles. The van der Waals surface area contributed by atoms with E-state index in [0.717, 1.165) is 18.4 Å². The van der Waals surface area contributed by atoms with Gasteiger partial charge in [0.2, 0.25) is 0 Å². The van der Waals surface area contributed by atoms with Crippen LogP contribution in [-0.4, -0.2) is 51.1 Å². The molecule has 0 bridgehead atoms. The normalized spacial score (nSPS) is 21.5. The Labute approximate surface area is 132 Å². The number of thiophene rings is 1. The van der Waals surface area contributed by atoms with Crippen molar-refractivity contribution in [3.8, 4) is 0 Å². The molecule has 2 amide bonds. The number of urea groups is 1. The largest absolute Gasteiger partial charge is 0.480 e. The van der Waals surface area contributed by atoms with E-state index in [1.165, 1.54) is 0 Å². The van der Waals surface area contributed by atoms with Gasteiger partial charge >= 0.3 is 12.0 Å². The fourth-order valence-corrected chi connectivity index (χ4v) is 4.57. The van der Waals surface area contributed by atoms with Crippen molar-refractivity contribution in [3.63, 3.8) is 0 Å². The molecule has 0 spiro atoms. The second-order valence-corrected chi connectivity index (χ2v) is 7.10. The van der Waals surface area contributed by atoms with E-state index in [-0.39, 0.29) is 11.4 Å². The Morgan fingerprint density at radius 1 is 1.52 bits per heavy atom. The predicted octanol–water partition coefficient (Wildman–Crippen LogP) is 2.93. The summed E-state index contributed by atoms with van der Waals surface area (Å²) in [5, 5.41) is 13.3. The molecule has 2 rings (SSSR count). The molecular formula is C14H20N2O3S2. The van der Waals surface area contributed by atoms with E-state index in [9.17, 15) is 14.7 Å². The average molecular weight is 328 g/mol. The SMILES string of the molecule is CCCC1SCC(C(=O)O)N1C(=O)N(C)Cc1ccsc1. The summed E-state index contributed by atoms with van der Waals surface area (Å²) in [4.78, 5) is 27.2. The Balaban J connectivity index is 2.10. The van der Waals surface area contributed by atoms with Crippen LogP contribution >= 0.6 is 23.1 Å².